The molecule has 2 rings (SSSR count). The maximum atomic E-state index is 13.6. The van der Waals surface area contributed by atoms with E-state index >= 15 is 0 Å². The number of nitrogens with one attached hydrogen (secondary N) is 2. The Hall–Kier alpha value is -1.76. The highest BCUT2D eigenvalue weighted by molar-refractivity contribution is 14.0. The van der Waals surface area contributed by atoms with Crippen molar-refractivity contribution in [2.75, 3.05) is 19.8 Å². The zero-order valence-electron chi connectivity index (χ0n) is 16.0. The fourth-order valence-electron chi connectivity index (χ4n) is 2.47. The standard InChI is InChI=1S/C17H24FN5O3S.HI/c1-12-22-16(26-23-12)5-4-8-20-17(19-2)21-10-14-9-15(18)7-6-13(14)11-27(3,24)25;/h6-7,9H,4-5,8,10-11H2,1-3H3,(H2,19,20,21);1H. The molecule has 0 saturated heterocycles. The lowest BCUT2D eigenvalue weighted by Crippen LogP contribution is -2.37. The highest BCUT2D eigenvalue weighted by Gasteiger charge is 2.11. The second kappa shape index (κ2) is 11.3. The zero-order valence-corrected chi connectivity index (χ0v) is 19.2. The van der Waals surface area contributed by atoms with Crippen molar-refractivity contribution in [3.05, 3.63) is 46.9 Å². The first-order valence-electron chi connectivity index (χ1n) is 8.45. The normalized spacial score (nSPS) is 11.8. The van der Waals surface area contributed by atoms with Crippen LogP contribution >= 0.6 is 24.0 Å². The van der Waals surface area contributed by atoms with Gasteiger partial charge in [-0.05, 0) is 36.6 Å². The number of halogens is 2. The molecule has 0 saturated carbocycles. The van der Waals surface area contributed by atoms with E-state index in [1.807, 2.05) is 0 Å². The van der Waals surface area contributed by atoms with Crippen LogP contribution in [-0.4, -0.2) is 44.4 Å². The average molecular weight is 525 g/mol. The smallest absolute Gasteiger partial charge is 0.226 e. The molecule has 0 unspecified atom stereocenters. The average Bonchev–Trinajstić information content (AvgIpc) is 3.00. The van der Waals surface area contributed by atoms with Crippen molar-refractivity contribution in [3.63, 3.8) is 0 Å². The van der Waals surface area contributed by atoms with Gasteiger partial charge in [0.15, 0.2) is 21.6 Å². The van der Waals surface area contributed by atoms with Gasteiger partial charge in [-0.25, -0.2) is 12.8 Å². The summed E-state index contributed by atoms with van der Waals surface area (Å²) in [4.78, 5) is 8.24. The van der Waals surface area contributed by atoms with Crippen molar-refractivity contribution in [1.82, 2.24) is 20.8 Å². The predicted molar refractivity (Wildman–Crippen MR) is 116 cm³/mol. The summed E-state index contributed by atoms with van der Waals surface area (Å²) in [6, 6.07) is 4.09. The molecule has 2 N–H and O–H groups in total. The Morgan fingerprint density at radius 3 is 2.64 bits per heavy atom. The number of aliphatic imine (C=N–C) groups is 1. The number of rotatable bonds is 8. The summed E-state index contributed by atoms with van der Waals surface area (Å²) in [5.74, 6) is 1.17. The Balaban J connectivity index is 0.00000392. The lowest BCUT2D eigenvalue weighted by molar-refractivity contribution is 0.372. The van der Waals surface area contributed by atoms with Crippen molar-refractivity contribution in [2.24, 2.45) is 4.99 Å². The Labute approximate surface area is 181 Å². The van der Waals surface area contributed by atoms with Crippen LogP contribution in [0.15, 0.2) is 27.7 Å². The summed E-state index contributed by atoms with van der Waals surface area (Å²) in [7, 11) is -1.59. The molecule has 0 aliphatic carbocycles. The van der Waals surface area contributed by atoms with Crippen LogP contribution in [0.25, 0.3) is 0 Å². The molecule has 1 heterocycles. The number of hydrogen-bond acceptors (Lipinski definition) is 6. The Morgan fingerprint density at radius 2 is 2.04 bits per heavy atom. The summed E-state index contributed by atoms with van der Waals surface area (Å²) in [5.41, 5.74) is 1.14. The Morgan fingerprint density at radius 1 is 1.29 bits per heavy atom. The van der Waals surface area contributed by atoms with Crippen molar-refractivity contribution < 1.29 is 17.3 Å². The first-order valence-corrected chi connectivity index (χ1v) is 10.5. The summed E-state index contributed by atoms with van der Waals surface area (Å²) in [6.45, 7) is 2.65. The van der Waals surface area contributed by atoms with Crippen LogP contribution in [0.5, 0.6) is 0 Å². The van der Waals surface area contributed by atoms with E-state index in [0.29, 0.717) is 41.8 Å². The minimum Gasteiger partial charge on any atom is -0.356 e. The van der Waals surface area contributed by atoms with Crippen LogP contribution in [-0.2, 0) is 28.6 Å². The summed E-state index contributed by atoms with van der Waals surface area (Å²) in [5, 5.41) is 9.94. The van der Waals surface area contributed by atoms with Crippen LogP contribution in [0.2, 0.25) is 0 Å². The number of sulfone groups is 1. The van der Waals surface area contributed by atoms with Gasteiger partial charge >= 0.3 is 0 Å². The van der Waals surface area contributed by atoms with Crippen LogP contribution in [0.4, 0.5) is 4.39 Å². The molecule has 11 heteroatoms. The summed E-state index contributed by atoms with van der Waals surface area (Å²) in [6.07, 6.45) is 2.56. The molecular formula is C17H25FIN5O3S. The molecule has 156 valence electrons. The molecule has 0 bridgehead atoms. The van der Waals surface area contributed by atoms with Crippen LogP contribution in [0, 0.1) is 12.7 Å². The number of guanidine groups is 1. The van der Waals surface area contributed by atoms with Crippen molar-refractivity contribution in [2.45, 2.75) is 32.1 Å². The largest absolute Gasteiger partial charge is 0.356 e. The van der Waals surface area contributed by atoms with Crippen molar-refractivity contribution >= 4 is 39.8 Å². The minimum atomic E-state index is -3.21. The number of aryl methyl sites for hydroxylation is 2. The van der Waals surface area contributed by atoms with E-state index in [-0.39, 0.29) is 36.3 Å². The first-order chi connectivity index (χ1) is 12.8. The van der Waals surface area contributed by atoms with Gasteiger partial charge < -0.3 is 15.2 Å². The van der Waals surface area contributed by atoms with Gasteiger partial charge in [0.2, 0.25) is 5.89 Å². The molecule has 1 aromatic carbocycles. The Kier molecular flexibility index (Phi) is 9.79. The molecule has 0 aliphatic heterocycles. The predicted octanol–water partition coefficient (Wildman–Crippen LogP) is 1.98. The third kappa shape index (κ3) is 8.50. The van der Waals surface area contributed by atoms with Gasteiger partial charge in [0.05, 0.1) is 5.75 Å². The molecule has 28 heavy (non-hydrogen) atoms. The molecule has 0 spiro atoms. The van der Waals surface area contributed by atoms with Crippen LogP contribution in [0.3, 0.4) is 0 Å². The second-order valence-electron chi connectivity index (χ2n) is 6.17. The van der Waals surface area contributed by atoms with Crippen molar-refractivity contribution in [3.8, 4) is 0 Å². The number of nitrogens with zero attached hydrogens (tertiary/aromatic N) is 3. The molecular weight excluding hydrogens is 500 g/mol. The summed E-state index contributed by atoms with van der Waals surface area (Å²) < 4.78 is 41.7. The van der Waals surface area contributed by atoms with E-state index < -0.39 is 15.7 Å². The van der Waals surface area contributed by atoms with Gasteiger partial charge in [-0.2, -0.15) is 4.98 Å². The van der Waals surface area contributed by atoms with E-state index in [0.717, 1.165) is 12.7 Å². The Bertz CT molecular complexity index is 902. The highest BCUT2D eigenvalue weighted by Crippen LogP contribution is 2.14. The minimum absolute atomic E-state index is 0. The lowest BCUT2D eigenvalue weighted by atomic mass is 10.1. The summed E-state index contributed by atoms with van der Waals surface area (Å²) >= 11 is 0. The monoisotopic (exact) mass is 525 g/mol. The molecule has 0 fully saturated rings. The first kappa shape index (κ1) is 24.3. The van der Waals surface area contributed by atoms with E-state index in [1.165, 1.54) is 18.2 Å². The molecule has 0 atom stereocenters. The highest BCUT2D eigenvalue weighted by atomic mass is 127. The fraction of sp³-hybridized carbons (Fsp3) is 0.471. The molecule has 1 aromatic heterocycles. The van der Waals surface area contributed by atoms with Crippen LogP contribution in [0.1, 0.15) is 29.3 Å². The second-order valence-corrected chi connectivity index (χ2v) is 8.31. The van der Waals surface area contributed by atoms with E-state index in [1.54, 1.807) is 14.0 Å². The number of benzene rings is 1. The topological polar surface area (TPSA) is 109 Å². The number of hydrogen-bond donors (Lipinski definition) is 2. The molecule has 0 aliphatic rings. The van der Waals surface area contributed by atoms with Gasteiger partial charge in [-0.1, -0.05) is 11.2 Å². The van der Waals surface area contributed by atoms with Gasteiger partial charge in [-0.15, -0.1) is 24.0 Å². The lowest BCUT2D eigenvalue weighted by Gasteiger charge is -2.14. The van der Waals surface area contributed by atoms with Gasteiger partial charge in [0.1, 0.15) is 5.82 Å². The molecule has 0 amide bonds. The number of aromatic nitrogens is 2. The zero-order chi connectivity index (χ0) is 19.9. The van der Waals surface area contributed by atoms with Crippen LogP contribution < -0.4 is 10.6 Å². The van der Waals surface area contributed by atoms with E-state index in [4.69, 9.17) is 4.52 Å². The third-order valence-corrected chi connectivity index (χ3v) is 4.52. The van der Waals surface area contributed by atoms with Gasteiger partial charge in [0, 0.05) is 32.8 Å². The van der Waals surface area contributed by atoms with E-state index in [2.05, 4.69) is 25.8 Å². The van der Waals surface area contributed by atoms with Gasteiger partial charge in [-0.3, -0.25) is 4.99 Å². The fourth-order valence-corrected chi connectivity index (χ4v) is 3.32. The maximum absolute atomic E-state index is 13.6. The van der Waals surface area contributed by atoms with Crippen molar-refractivity contribution in [1.29, 1.82) is 0 Å². The molecule has 2 aromatic rings. The molecule has 0 radical (unpaired) electrons. The third-order valence-electron chi connectivity index (χ3n) is 3.69. The maximum Gasteiger partial charge on any atom is 0.226 e. The quantitative estimate of drug-likeness (QED) is 0.235. The van der Waals surface area contributed by atoms with E-state index in [9.17, 15) is 12.8 Å². The molecule has 8 nitrogen and oxygen atoms in total. The van der Waals surface area contributed by atoms with Gasteiger partial charge in [0.25, 0.3) is 0 Å². The SMILES string of the molecule is CN=C(NCCCc1nc(C)no1)NCc1cc(F)ccc1CS(C)(=O)=O.I.